The van der Waals surface area contributed by atoms with E-state index in [0.717, 1.165) is 16.8 Å². The van der Waals surface area contributed by atoms with E-state index in [1.807, 2.05) is 56.5 Å². The number of ether oxygens (including phenoxy) is 1. The molecule has 1 aliphatic rings. The van der Waals surface area contributed by atoms with E-state index in [1.165, 1.54) is 9.13 Å². The summed E-state index contributed by atoms with van der Waals surface area (Å²) < 4.78 is 10.1. The molecule has 164 valence electrons. The third-order valence-corrected chi connectivity index (χ3v) is 5.77. The van der Waals surface area contributed by atoms with Crippen molar-refractivity contribution in [1.29, 1.82) is 0 Å². The molecule has 0 saturated carbocycles. The third-order valence-electron chi connectivity index (χ3n) is 5.77. The van der Waals surface area contributed by atoms with Crippen molar-refractivity contribution in [2.24, 2.45) is 12.1 Å². The summed E-state index contributed by atoms with van der Waals surface area (Å²) in [5, 5.41) is 6.39. The Morgan fingerprint density at radius 1 is 1.13 bits per heavy atom. The predicted molar refractivity (Wildman–Crippen MR) is 121 cm³/mol. The fourth-order valence-corrected chi connectivity index (χ4v) is 3.84. The Bertz CT molecular complexity index is 1270. The zero-order chi connectivity index (χ0) is 22.3. The summed E-state index contributed by atoms with van der Waals surface area (Å²) in [5.74, 6) is 0.549. The molecule has 31 heavy (non-hydrogen) atoms. The van der Waals surface area contributed by atoms with Crippen LogP contribution in [-0.4, -0.2) is 44.2 Å². The molecule has 0 N–H and O–H groups in total. The molecule has 1 aromatic carbocycles. The molecule has 0 amide bonds. The molecule has 0 radical (unpaired) electrons. The SMILES string of the molecule is CCOCCN1N=C(C)C(C)n2c1nc1c2c(=O)n(Cc2ccc(C)cc2)c(=O)n1C. The summed E-state index contributed by atoms with van der Waals surface area (Å²) in [4.78, 5) is 31.2. The number of aromatic nitrogens is 4. The number of hydrogen-bond donors (Lipinski definition) is 0. The van der Waals surface area contributed by atoms with Crippen molar-refractivity contribution in [3.8, 4) is 0 Å². The summed E-state index contributed by atoms with van der Waals surface area (Å²) in [6.45, 7) is 9.67. The standard InChI is InChI=1S/C22H28N6O3/c1-6-31-12-11-27-21-23-19-18(28(21)16(4)15(3)24-27)20(29)26(22(30)25(19)5)13-17-9-7-14(2)8-10-17/h7-10,16H,6,11-13H2,1-5H3. The van der Waals surface area contributed by atoms with Crippen LogP contribution < -0.4 is 16.3 Å². The van der Waals surface area contributed by atoms with Crippen LogP contribution in [0.1, 0.15) is 37.9 Å². The molecule has 1 aliphatic heterocycles. The van der Waals surface area contributed by atoms with E-state index in [0.29, 0.717) is 36.9 Å². The lowest BCUT2D eigenvalue weighted by Gasteiger charge is -2.29. The highest BCUT2D eigenvalue weighted by atomic mass is 16.5. The number of aryl methyl sites for hydroxylation is 2. The van der Waals surface area contributed by atoms with Crippen molar-refractivity contribution in [3.63, 3.8) is 0 Å². The lowest BCUT2D eigenvalue weighted by Crippen LogP contribution is -2.40. The Labute approximate surface area is 180 Å². The Hall–Kier alpha value is -3.20. The lowest BCUT2D eigenvalue weighted by atomic mass is 10.1. The molecule has 2 aromatic heterocycles. The van der Waals surface area contributed by atoms with Crippen LogP contribution in [0.5, 0.6) is 0 Å². The maximum absolute atomic E-state index is 13.5. The zero-order valence-corrected chi connectivity index (χ0v) is 18.6. The predicted octanol–water partition coefficient (Wildman–Crippen LogP) is 2.05. The Balaban J connectivity index is 1.89. The molecule has 0 spiro atoms. The van der Waals surface area contributed by atoms with Gasteiger partial charge in [0.05, 0.1) is 31.4 Å². The van der Waals surface area contributed by atoms with E-state index >= 15 is 0 Å². The van der Waals surface area contributed by atoms with Gasteiger partial charge in [-0.25, -0.2) is 9.80 Å². The highest BCUT2D eigenvalue weighted by Crippen LogP contribution is 2.29. The molecule has 0 fully saturated rings. The summed E-state index contributed by atoms with van der Waals surface area (Å²) in [6.07, 6.45) is 0. The quantitative estimate of drug-likeness (QED) is 0.565. The van der Waals surface area contributed by atoms with Crippen LogP contribution in [0.15, 0.2) is 39.0 Å². The minimum absolute atomic E-state index is 0.152. The highest BCUT2D eigenvalue weighted by molar-refractivity contribution is 5.91. The summed E-state index contributed by atoms with van der Waals surface area (Å²) in [7, 11) is 1.65. The minimum Gasteiger partial charge on any atom is -0.380 e. The van der Waals surface area contributed by atoms with Gasteiger partial charge in [-0.15, -0.1) is 0 Å². The number of nitrogens with zero attached hydrogens (tertiary/aromatic N) is 6. The maximum atomic E-state index is 13.5. The first kappa shape index (κ1) is 21.0. The second-order valence-corrected chi connectivity index (χ2v) is 7.91. The molecular formula is C22H28N6O3. The molecule has 9 nitrogen and oxygen atoms in total. The topological polar surface area (TPSA) is 86.7 Å². The normalized spacial score (nSPS) is 16.0. The van der Waals surface area contributed by atoms with Gasteiger partial charge in [0.1, 0.15) is 0 Å². The van der Waals surface area contributed by atoms with Crippen LogP contribution in [0.4, 0.5) is 5.95 Å². The van der Waals surface area contributed by atoms with Gasteiger partial charge in [0.15, 0.2) is 11.2 Å². The Kier molecular flexibility index (Phi) is 5.53. The summed E-state index contributed by atoms with van der Waals surface area (Å²) >= 11 is 0. The van der Waals surface area contributed by atoms with Crippen LogP contribution in [0, 0.1) is 6.92 Å². The van der Waals surface area contributed by atoms with Crippen molar-refractivity contribution < 1.29 is 4.74 Å². The minimum atomic E-state index is -0.389. The van der Waals surface area contributed by atoms with Crippen LogP contribution >= 0.6 is 0 Å². The fraction of sp³-hybridized carbons (Fsp3) is 0.455. The van der Waals surface area contributed by atoms with E-state index < -0.39 is 0 Å². The average Bonchev–Trinajstić information content (AvgIpc) is 3.16. The zero-order valence-electron chi connectivity index (χ0n) is 18.6. The number of hydrazone groups is 1. The smallest absolute Gasteiger partial charge is 0.332 e. The van der Waals surface area contributed by atoms with E-state index in [1.54, 1.807) is 12.1 Å². The van der Waals surface area contributed by atoms with Crippen molar-refractivity contribution >= 4 is 22.8 Å². The van der Waals surface area contributed by atoms with Gasteiger partial charge >= 0.3 is 5.69 Å². The second-order valence-electron chi connectivity index (χ2n) is 7.91. The molecule has 0 saturated heterocycles. The Morgan fingerprint density at radius 2 is 1.84 bits per heavy atom. The van der Waals surface area contributed by atoms with E-state index in [2.05, 4.69) is 10.1 Å². The number of rotatable bonds is 6. The van der Waals surface area contributed by atoms with Gasteiger partial charge in [-0.05, 0) is 33.3 Å². The number of anilines is 1. The molecule has 0 bridgehead atoms. The largest absolute Gasteiger partial charge is 0.380 e. The molecule has 3 aromatic rings. The van der Waals surface area contributed by atoms with E-state index in [9.17, 15) is 9.59 Å². The van der Waals surface area contributed by atoms with Crippen molar-refractivity contribution in [1.82, 2.24) is 18.7 Å². The number of fused-ring (bicyclic) bond motifs is 3. The molecule has 1 unspecified atom stereocenters. The molecule has 1 atom stereocenters. The van der Waals surface area contributed by atoms with Gasteiger partial charge < -0.3 is 4.74 Å². The second kappa shape index (κ2) is 8.14. The van der Waals surface area contributed by atoms with Crippen molar-refractivity contribution in [2.75, 3.05) is 24.8 Å². The molecule has 4 rings (SSSR count). The lowest BCUT2D eigenvalue weighted by molar-refractivity contribution is 0.153. The van der Waals surface area contributed by atoms with E-state index in [4.69, 9.17) is 4.74 Å². The fourth-order valence-electron chi connectivity index (χ4n) is 3.84. The maximum Gasteiger partial charge on any atom is 0.332 e. The van der Waals surface area contributed by atoms with Crippen molar-refractivity contribution in [2.45, 2.75) is 40.3 Å². The molecule has 3 heterocycles. The summed E-state index contributed by atoms with van der Waals surface area (Å²) in [5.41, 5.74) is 2.92. The van der Waals surface area contributed by atoms with Crippen LogP contribution in [0.3, 0.4) is 0 Å². The number of hydrogen-bond acceptors (Lipinski definition) is 6. The average molecular weight is 425 g/mol. The number of benzene rings is 1. The van der Waals surface area contributed by atoms with Crippen LogP contribution in [-0.2, 0) is 18.3 Å². The van der Waals surface area contributed by atoms with Gasteiger partial charge in [-0.2, -0.15) is 10.1 Å². The van der Waals surface area contributed by atoms with Crippen LogP contribution in [0.25, 0.3) is 11.2 Å². The number of imidazole rings is 1. The van der Waals surface area contributed by atoms with Gasteiger partial charge in [0, 0.05) is 13.7 Å². The monoisotopic (exact) mass is 424 g/mol. The first-order valence-electron chi connectivity index (χ1n) is 10.5. The van der Waals surface area contributed by atoms with Gasteiger partial charge in [-0.1, -0.05) is 29.8 Å². The van der Waals surface area contributed by atoms with Gasteiger partial charge in [0.2, 0.25) is 5.95 Å². The first-order chi connectivity index (χ1) is 14.8. The van der Waals surface area contributed by atoms with Gasteiger partial charge in [-0.3, -0.25) is 18.5 Å². The third kappa shape index (κ3) is 3.59. The molecular weight excluding hydrogens is 396 g/mol. The molecule has 0 aliphatic carbocycles. The Morgan fingerprint density at radius 3 is 2.52 bits per heavy atom. The highest BCUT2D eigenvalue weighted by Gasteiger charge is 2.30. The van der Waals surface area contributed by atoms with Gasteiger partial charge in [0.25, 0.3) is 5.56 Å². The van der Waals surface area contributed by atoms with E-state index in [-0.39, 0.29) is 23.8 Å². The van der Waals surface area contributed by atoms with Crippen LogP contribution in [0.2, 0.25) is 0 Å². The first-order valence-corrected chi connectivity index (χ1v) is 10.5. The van der Waals surface area contributed by atoms with Crippen molar-refractivity contribution in [3.05, 3.63) is 56.2 Å². The molecule has 9 heteroatoms. The summed E-state index contributed by atoms with van der Waals surface area (Å²) in [6, 6.07) is 7.67.